The number of nitrogens with one attached hydrogen (secondary N) is 1. The first kappa shape index (κ1) is 19.8. The van der Waals surface area contributed by atoms with E-state index in [0.29, 0.717) is 5.41 Å². The van der Waals surface area contributed by atoms with Gasteiger partial charge in [-0.05, 0) is 58.3 Å². The van der Waals surface area contributed by atoms with Crippen LogP contribution in [0.3, 0.4) is 0 Å². The molecule has 0 radical (unpaired) electrons. The molecule has 1 aromatic heterocycles. The van der Waals surface area contributed by atoms with E-state index in [9.17, 15) is 0 Å². The average Bonchev–Trinajstić information content (AvgIpc) is 2.89. The molecule has 25 heavy (non-hydrogen) atoms. The summed E-state index contributed by atoms with van der Waals surface area (Å²) in [5.41, 5.74) is 2.69. The quantitative estimate of drug-likeness (QED) is 0.458. The van der Waals surface area contributed by atoms with Crippen molar-refractivity contribution in [2.75, 3.05) is 26.2 Å². The largest absolute Gasteiger partial charge is 0.361 e. The van der Waals surface area contributed by atoms with Crippen LogP contribution in [0.5, 0.6) is 0 Å². The standard InChI is InChI=1S/C20H36N4O/c1-6-11-20(5)12-9-14-24(15-20)19(21-7-2)22-13-8-10-18-16(3)23-25-17(18)4/h6-15H2,1-5H3,(H,21,22). The second-order valence-corrected chi connectivity index (χ2v) is 7.73. The van der Waals surface area contributed by atoms with Crippen molar-refractivity contribution in [1.29, 1.82) is 0 Å². The number of aromatic nitrogens is 1. The third-order valence-corrected chi connectivity index (χ3v) is 5.30. The number of aliphatic imine (C=N–C) groups is 1. The molecule has 5 nitrogen and oxygen atoms in total. The lowest BCUT2D eigenvalue weighted by atomic mass is 9.78. The topological polar surface area (TPSA) is 53.7 Å². The maximum atomic E-state index is 5.25. The van der Waals surface area contributed by atoms with Crippen molar-refractivity contribution in [3.8, 4) is 0 Å². The highest BCUT2D eigenvalue weighted by molar-refractivity contribution is 5.80. The van der Waals surface area contributed by atoms with Crippen molar-refractivity contribution >= 4 is 5.96 Å². The smallest absolute Gasteiger partial charge is 0.193 e. The summed E-state index contributed by atoms with van der Waals surface area (Å²) < 4.78 is 5.25. The summed E-state index contributed by atoms with van der Waals surface area (Å²) in [5.74, 6) is 2.03. The van der Waals surface area contributed by atoms with Crippen LogP contribution in [0.4, 0.5) is 0 Å². The molecule has 1 aliphatic rings. The molecule has 5 heteroatoms. The van der Waals surface area contributed by atoms with Gasteiger partial charge in [0.1, 0.15) is 5.76 Å². The number of nitrogens with zero attached hydrogens (tertiary/aromatic N) is 3. The van der Waals surface area contributed by atoms with E-state index < -0.39 is 0 Å². The fourth-order valence-electron chi connectivity index (χ4n) is 4.03. The minimum atomic E-state index is 0.430. The first-order valence-corrected chi connectivity index (χ1v) is 9.94. The Hall–Kier alpha value is -1.52. The molecule has 1 unspecified atom stereocenters. The van der Waals surface area contributed by atoms with Crippen LogP contribution in [0.1, 0.15) is 69.9 Å². The van der Waals surface area contributed by atoms with Crippen molar-refractivity contribution < 1.29 is 4.52 Å². The van der Waals surface area contributed by atoms with Gasteiger partial charge in [0.05, 0.1) is 5.69 Å². The summed E-state index contributed by atoms with van der Waals surface area (Å²) in [7, 11) is 0. The Morgan fingerprint density at radius 3 is 2.80 bits per heavy atom. The summed E-state index contributed by atoms with van der Waals surface area (Å²) in [6.07, 6.45) is 7.17. The molecule has 1 N–H and O–H groups in total. The van der Waals surface area contributed by atoms with Crippen LogP contribution >= 0.6 is 0 Å². The molecule has 142 valence electrons. The van der Waals surface area contributed by atoms with Crippen molar-refractivity contribution in [2.24, 2.45) is 10.4 Å². The third kappa shape index (κ3) is 5.48. The first-order valence-electron chi connectivity index (χ1n) is 9.94. The van der Waals surface area contributed by atoms with Crippen LogP contribution in [0.25, 0.3) is 0 Å². The zero-order valence-corrected chi connectivity index (χ0v) is 16.8. The van der Waals surface area contributed by atoms with Crippen LogP contribution in [-0.4, -0.2) is 42.2 Å². The summed E-state index contributed by atoms with van der Waals surface area (Å²) in [4.78, 5) is 7.37. The van der Waals surface area contributed by atoms with Gasteiger partial charge < -0.3 is 14.7 Å². The second-order valence-electron chi connectivity index (χ2n) is 7.73. The lowest BCUT2D eigenvalue weighted by Crippen LogP contribution is -2.49. The minimum absolute atomic E-state index is 0.430. The van der Waals surface area contributed by atoms with E-state index in [1.807, 2.05) is 13.8 Å². The molecule has 0 aromatic carbocycles. The van der Waals surface area contributed by atoms with Gasteiger partial charge in [-0.2, -0.15) is 0 Å². The SMILES string of the molecule is CCCC1(C)CCCN(C(=NCCCc2c(C)noc2C)NCC)C1. The Morgan fingerprint density at radius 1 is 1.36 bits per heavy atom. The van der Waals surface area contributed by atoms with E-state index in [2.05, 4.69) is 36.1 Å². The lowest BCUT2D eigenvalue weighted by Gasteiger charge is -2.42. The molecule has 1 atom stereocenters. The van der Waals surface area contributed by atoms with Crippen molar-refractivity contribution in [3.05, 3.63) is 17.0 Å². The van der Waals surface area contributed by atoms with Gasteiger partial charge in [-0.15, -0.1) is 0 Å². The molecule has 2 heterocycles. The monoisotopic (exact) mass is 348 g/mol. The maximum Gasteiger partial charge on any atom is 0.193 e. The third-order valence-electron chi connectivity index (χ3n) is 5.30. The highest BCUT2D eigenvalue weighted by Crippen LogP contribution is 2.33. The molecular formula is C20H36N4O. The molecule has 0 amide bonds. The summed E-state index contributed by atoms with van der Waals surface area (Å²) in [6, 6.07) is 0. The Bertz CT molecular complexity index is 543. The first-order chi connectivity index (χ1) is 12.0. The number of hydrogen-bond acceptors (Lipinski definition) is 3. The summed E-state index contributed by atoms with van der Waals surface area (Å²) in [6.45, 7) is 14.9. The van der Waals surface area contributed by atoms with E-state index in [1.54, 1.807) is 0 Å². The molecule has 1 fully saturated rings. The van der Waals surface area contributed by atoms with E-state index >= 15 is 0 Å². The maximum absolute atomic E-state index is 5.25. The predicted molar refractivity (Wildman–Crippen MR) is 104 cm³/mol. The predicted octanol–water partition coefficient (Wildman–Crippen LogP) is 4.09. The number of hydrogen-bond donors (Lipinski definition) is 1. The fourth-order valence-corrected chi connectivity index (χ4v) is 4.03. The van der Waals surface area contributed by atoms with Gasteiger partial charge in [-0.25, -0.2) is 0 Å². The zero-order chi connectivity index (χ0) is 18.3. The molecule has 2 rings (SSSR count). The van der Waals surface area contributed by atoms with Gasteiger partial charge in [0.25, 0.3) is 0 Å². The molecule has 1 aliphatic heterocycles. The minimum Gasteiger partial charge on any atom is -0.361 e. The fraction of sp³-hybridized carbons (Fsp3) is 0.800. The van der Waals surface area contributed by atoms with Crippen LogP contribution in [0.2, 0.25) is 0 Å². The van der Waals surface area contributed by atoms with Crippen molar-refractivity contribution in [2.45, 2.75) is 73.1 Å². The Balaban J connectivity index is 1.93. The van der Waals surface area contributed by atoms with Crippen LogP contribution in [-0.2, 0) is 6.42 Å². The van der Waals surface area contributed by atoms with Gasteiger partial charge in [0.15, 0.2) is 5.96 Å². The van der Waals surface area contributed by atoms with Crippen LogP contribution in [0.15, 0.2) is 9.52 Å². The number of aryl methyl sites for hydroxylation is 2. The van der Waals surface area contributed by atoms with E-state index in [4.69, 9.17) is 9.52 Å². The van der Waals surface area contributed by atoms with Crippen LogP contribution in [0, 0.1) is 19.3 Å². The zero-order valence-electron chi connectivity index (χ0n) is 16.8. The van der Waals surface area contributed by atoms with Crippen molar-refractivity contribution in [3.63, 3.8) is 0 Å². The Labute approximate surface area is 153 Å². The molecule has 1 saturated heterocycles. The van der Waals surface area contributed by atoms with E-state index in [0.717, 1.165) is 56.4 Å². The van der Waals surface area contributed by atoms with Crippen LogP contribution < -0.4 is 5.32 Å². The van der Waals surface area contributed by atoms with Gasteiger partial charge in [0, 0.05) is 31.7 Å². The molecule has 0 bridgehead atoms. The molecular weight excluding hydrogens is 312 g/mol. The lowest BCUT2D eigenvalue weighted by molar-refractivity contribution is 0.142. The Kier molecular flexibility index (Phi) is 7.33. The molecule has 0 aliphatic carbocycles. The molecule has 0 saturated carbocycles. The number of rotatable bonds is 7. The van der Waals surface area contributed by atoms with Gasteiger partial charge in [0.2, 0.25) is 0 Å². The summed E-state index contributed by atoms with van der Waals surface area (Å²) in [5, 5.41) is 7.53. The number of likely N-dealkylation sites (tertiary alicyclic amines) is 1. The Morgan fingerprint density at radius 2 is 2.16 bits per heavy atom. The molecule has 0 spiro atoms. The van der Waals surface area contributed by atoms with E-state index in [1.165, 1.54) is 31.2 Å². The summed E-state index contributed by atoms with van der Waals surface area (Å²) >= 11 is 0. The van der Waals surface area contributed by atoms with Gasteiger partial charge in [-0.1, -0.05) is 25.4 Å². The van der Waals surface area contributed by atoms with Gasteiger partial charge in [-0.3, -0.25) is 4.99 Å². The number of piperidine rings is 1. The molecule has 1 aromatic rings. The highest BCUT2D eigenvalue weighted by atomic mass is 16.5. The average molecular weight is 349 g/mol. The van der Waals surface area contributed by atoms with Gasteiger partial charge >= 0.3 is 0 Å². The highest BCUT2D eigenvalue weighted by Gasteiger charge is 2.31. The van der Waals surface area contributed by atoms with E-state index in [-0.39, 0.29) is 0 Å². The number of guanidine groups is 1. The normalized spacial score (nSPS) is 21.6. The van der Waals surface area contributed by atoms with Crippen molar-refractivity contribution in [1.82, 2.24) is 15.4 Å². The second kappa shape index (κ2) is 9.25.